The highest BCUT2D eigenvalue weighted by Gasteiger charge is 2.31. The molecule has 6 heteroatoms. The standard InChI is InChI=1S/C16H22N4O2/c21-12-16(3-6-22-7-4-16)11-18-9-14-10-19-20-15(14)13-2-1-5-17-8-13/h1-2,5,8,10,18,21H,3-4,6-7,9,11-12H2,(H,19,20). The van der Waals surface area contributed by atoms with Gasteiger partial charge >= 0.3 is 0 Å². The lowest BCUT2D eigenvalue weighted by molar-refractivity contribution is -0.0154. The van der Waals surface area contributed by atoms with E-state index >= 15 is 0 Å². The van der Waals surface area contributed by atoms with E-state index in [1.165, 1.54) is 0 Å². The summed E-state index contributed by atoms with van der Waals surface area (Å²) in [6.45, 7) is 3.15. The highest BCUT2D eigenvalue weighted by Crippen LogP contribution is 2.29. The van der Waals surface area contributed by atoms with Gasteiger partial charge in [-0.25, -0.2) is 0 Å². The first-order chi connectivity index (χ1) is 10.8. The number of aromatic nitrogens is 3. The molecule has 0 aromatic carbocycles. The molecule has 3 heterocycles. The third-order valence-corrected chi connectivity index (χ3v) is 4.37. The van der Waals surface area contributed by atoms with E-state index < -0.39 is 0 Å². The van der Waals surface area contributed by atoms with Crippen LogP contribution >= 0.6 is 0 Å². The number of nitrogens with zero attached hydrogens (tertiary/aromatic N) is 2. The zero-order chi connectivity index (χ0) is 15.3. The molecule has 1 saturated heterocycles. The van der Waals surface area contributed by atoms with E-state index in [2.05, 4.69) is 20.5 Å². The smallest absolute Gasteiger partial charge is 0.0710 e. The van der Waals surface area contributed by atoms with Gasteiger partial charge in [-0.15, -0.1) is 0 Å². The summed E-state index contributed by atoms with van der Waals surface area (Å²) in [7, 11) is 0. The van der Waals surface area contributed by atoms with Crippen LogP contribution in [0.1, 0.15) is 18.4 Å². The second-order valence-corrected chi connectivity index (χ2v) is 5.89. The first-order valence-corrected chi connectivity index (χ1v) is 7.65. The number of aliphatic hydroxyl groups excluding tert-OH is 1. The molecular formula is C16H22N4O2. The van der Waals surface area contributed by atoms with Gasteiger partial charge in [0.1, 0.15) is 0 Å². The summed E-state index contributed by atoms with van der Waals surface area (Å²) in [6.07, 6.45) is 7.22. The van der Waals surface area contributed by atoms with Crippen LogP contribution in [0.5, 0.6) is 0 Å². The van der Waals surface area contributed by atoms with E-state index in [-0.39, 0.29) is 12.0 Å². The summed E-state index contributed by atoms with van der Waals surface area (Å²) in [5.74, 6) is 0. The number of H-pyrrole nitrogens is 1. The zero-order valence-corrected chi connectivity index (χ0v) is 12.6. The van der Waals surface area contributed by atoms with Crippen molar-refractivity contribution in [2.24, 2.45) is 5.41 Å². The molecule has 0 bridgehead atoms. The maximum Gasteiger partial charge on any atom is 0.0710 e. The second kappa shape index (κ2) is 7.00. The van der Waals surface area contributed by atoms with Crippen molar-refractivity contribution in [3.8, 4) is 11.3 Å². The van der Waals surface area contributed by atoms with Crippen LogP contribution < -0.4 is 5.32 Å². The van der Waals surface area contributed by atoms with Crippen molar-refractivity contribution in [3.05, 3.63) is 36.3 Å². The lowest BCUT2D eigenvalue weighted by atomic mass is 9.81. The average Bonchev–Trinajstić information content (AvgIpc) is 3.05. The van der Waals surface area contributed by atoms with Gasteiger partial charge in [0.2, 0.25) is 0 Å². The fraction of sp³-hybridized carbons (Fsp3) is 0.500. The van der Waals surface area contributed by atoms with Crippen molar-refractivity contribution in [2.75, 3.05) is 26.4 Å². The van der Waals surface area contributed by atoms with Gasteiger partial charge in [-0.2, -0.15) is 5.10 Å². The fourth-order valence-electron chi connectivity index (χ4n) is 2.86. The molecule has 1 aliphatic heterocycles. The first-order valence-electron chi connectivity index (χ1n) is 7.65. The lowest BCUT2D eigenvalue weighted by Crippen LogP contribution is -2.41. The van der Waals surface area contributed by atoms with Crippen molar-refractivity contribution in [1.29, 1.82) is 0 Å². The summed E-state index contributed by atoms with van der Waals surface area (Å²) in [5, 5.41) is 20.3. The van der Waals surface area contributed by atoms with Crippen molar-refractivity contribution in [1.82, 2.24) is 20.5 Å². The largest absolute Gasteiger partial charge is 0.396 e. The average molecular weight is 302 g/mol. The van der Waals surface area contributed by atoms with Crippen molar-refractivity contribution < 1.29 is 9.84 Å². The topological polar surface area (TPSA) is 83.1 Å². The highest BCUT2D eigenvalue weighted by atomic mass is 16.5. The van der Waals surface area contributed by atoms with E-state index in [9.17, 15) is 5.11 Å². The van der Waals surface area contributed by atoms with Gasteiger partial charge in [0.05, 0.1) is 18.5 Å². The monoisotopic (exact) mass is 302 g/mol. The Hall–Kier alpha value is -1.76. The molecule has 0 radical (unpaired) electrons. The minimum Gasteiger partial charge on any atom is -0.396 e. The van der Waals surface area contributed by atoms with E-state index in [0.29, 0.717) is 6.54 Å². The highest BCUT2D eigenvalue weighted by molar-refractivity contribution is 5.61. The van der Waals surface area contributed by atoms with E-state index in [4.69, 9.17) is 4.74 Å². The lowest BCUT2D eigenvalue weighted by Gasteiger charge is -2.35. The van der Waals surface area contributed by atoms with Gasteiger partial charge in [-0.1, -0.05) is 0 Å². The molecule has 0 atom stereocenters. The summed E-state index contributed by atoms with van der Waals surface area (Å²) in [6, 6.07) is 3.92. The van der Waals surface area contributed by atoms with Gasteiger partial charge in [0, 0.05) is 55.2 Å². The van der Waals surface area contributed by atoms with Crippen molar-refractivity contribution >= 4 is 0 Å². The molecule has 0 aliphatic carbocycles. The normalized spacial score (nSPS) is 17.5. The zero-order valence-electron chi connectivity index (χ0n) is 12.6. The van der Waals surface area contributed by atoms with Gasteiger partial charge in [-0.3, -0.25) is 10.1 Å². The molecule has 1 fully saturated rings. The fourth-order valence-corrected chi connectivity index (χ4v) is 2.86. The molecule has 118 valence electrons. The molecule has 1 aliphatic rings. The third-order valence-electron chi connectivity index (χ3n) is 4.37. The molecule has 0 spiro atoms. The quantitative estimate of drug-likeness (QED) is 0.750. The number of pyridine rings is 1. The van der Waals surface area contributed by atoms with E-state index in [1.54, 1.807) is 6.20 Å². The Kier molecular flexibility index (Phi) is 4.82. The Morgan fingerprint density at radius 3 is 2.91 bits per heavy atom. The first kappa shape index (κ1) is 15.1. The Morgan fingerprint density at radius 2 is 2.18 bits per heavy atom. The molecule has 0 amide bonds. The van der Waals surface area contributed by atoms with Gasteiger partial charge in [-0.05, 0) is 25.0 Å². The molecule has 2 aromatic rings. The molecule has 22 heavy (non-hydrogen) atoms. The van der Waals surface area contributed by atoms with Crippen LogP contribution in [0.3, 0.4) is 0 Å². The number of hydrogen-bond donors (Lipinski definition) is 3. The van der Waals surface area contributed by atoms with Crippen LogP contribution in [0.15, 0.2) is 30.7 Å². The Balaban J connectivity index is 1.62. The number of aliphatic hydroxyl groups is 1. The molecule has 2 aromatic heterocycles. The van der Waals surface area contributed by atoms with Crippen LogP contribution in [-0.4, -0.2) is 46.7 Å². The molecule has 3 rings (SSSR count). The Labute approximate surface area is 129 Å². The van der Waals surface area contributed by atoms with Crippen LogP contribution in [0, 0.1) is 5.41 Å². The molecule has 0 unspecified atom stereocenters. The second-order valence-electron chi connectivity index (χ2n) is 5.89. The van der Waals surface area contributed by atoms with Gasteiger partial charge in [0.15, 0.2) is 0 Å². The van der Waals surface area contributed by atoms with E-state index in [0.717, 1.165) is 49.4 Å². The number of nitrogens with one attached hydrogen (secondary N) is 2. The predicted molar refractivity (Wildman–Crippen MR) is 83.1 cm³/mol. The van der Waals surface area contributed by atoms with Crippen LogP contribution in [0.2, 0.25) is 0 Å². The number of hydrogen-bond acceptors (Lipinski definition) is 5. The summed E-state index contributed by atoms with van der Waals surface area (Å²) in [5.41, 5.74) is 3.06. The minimum absolute atomic E-state index is 0.0591. The molecule has 6 nitrogen and oxygen atoms in total. The molecule has 3 N–H and O–H groups in total. The van der Waals surface area contributed by atoms with Crippen LogP contribution in [-0.2, 0) is 11.3 Å². The van der Waals surface area contributed by atoms with Crippen LogP contribution in [0.4, 0.5) is 0 Å². The predicted octanol–water partition coefficient (Wildman–Crippen LogP) is 1.35. The van der Waals surface area contributed by atoms with Crippen molar-refractivity contribution in [3.63, 3.8) is 0 Å². The SMILES string of the molecule is OCC1(CNCc2cn[nH]c2-c2cccnc2)CCOCC1. The minimum atomic E-state index is -0.0591. The Bertz CT molecular complexity index is 579. The Morgan fingerprint density at radius 1 is 1.32 bits per heavy atom. The summed E-state index contributed by atoms with van der Waals surface area (Å²) in [4.78, 5) is 4.14. The van der Waals surface area contributed by atoms with Gasteiger partial charge in [0.25, 0.3) is 0 Å². The van der Waals surface area contributed by atoms with Gasteiger partial charge < -0.3 is 15.2 Å². The maximum atomic E-state index is 9.71. The number of aromatic amines is 1. The molecule has 0 saturated carbocycles. The number of ether oxygens (including phenoxy) is 1. The van der Waals surface area contributed by atoms with Crippen LogP contribution in [0.25, 0.3) is 11.3 Å². The van der Waals surface area contributed by atoms with E-state index in [1.807, 2.05) is 24.5 Å². The maximum absolute atomic E-state index is 9.71. The summed E-state index contributed by atoms with van der Waals surface area (Å²) >= 11 is 0. The third kappa shape index (κ3) is 3.35. The molecular weight excluding hydrogens is 280 g/mol. The summed E-state index contributed by atoms with van der Waals surface area (Å²) < 4.78 is 5.39. The number of rotatable bonds is 6. The van der Waals surface area contributed by atoms with Crippen molar-refractivity contribution in [2.45, 2.75) is 19.4 Å².